The first-order valence-electron chi connectivity index (χ1n) is 7.85. The summed E-state index contributed by atoms with van der Waals surface area (Å²) >= 11 is 0. The van der Waals surface area contributed by atoms with Crippen molar-refractivity contribution >= 4 is 11.6 Å². The third-order valence-corrected chi connectivity index (χ3v) is 4.25. The second-order valence-corrected chi connectivity index (χ2v) is 5.94. The van der Waals surface area contributed by atoms with E-state index in [1.54, 1.807) is 0 Å². The lowest BCUT2D eigenvalue weighted by Crippen LogP contribution is -2.35. The molecule has 1 fully saturated rings. The van der Waals surface area contributed by atoms with E-state index in [0.717, 1.165) is 37.4 Å². The molecule has 1 amide bonds. The number of aromatic nitrogens is 5. The first-order chi connectivity index (χ1) is 11.7. The normalized spacial score (nSPS) is 18.9. The quantitative estimate of drug-likeness (QED) is 0.745. The number of amides is 1. The smallest absolute Gasteiger partial charge is 0.315 e. The van der Waals surface area contributed by atoms with Crippen LogP contribution in [-0.4, -0.2) is 48.6 Å². The van der Waals surface area contributed by atoms with E-state index in [4.69, 9.17) is 10.3 Å². The van der Waals surface area contributed by atoms with Gasteiger partial charge in [0, 0.05) is 18.7 Å². The number of primary amides is 1. The molecule has 9 heteroatoms. The van der Waals surface area contributed by atoms with Crippen LogP contribution >= 0.6 is 0 Å². The summed E-state index contributed by atoms with van der Waals surface area (Å²) in [6.07, 6.45) is 4.10. The van der Waals surface area contributed by atoms with Crippen molar-refractivity contribution in [1.29, 1.82) is 0 Å². The fourth-order valence-electron chi connectivity index (χ4n) is 3.17. The van der Waals surface area contributed by atoms with E-state index in [1.807, 2.05) is 28.8 Å². The highest BCUT2D eigenvalue weighted by Gasteiger charge is 2.26. The Bertz CT molecular complexity index is 871. The van der Waals surface area contributed by atoms with Gasteiger partial charge in [0.25, 0.3) is 0 Å². The van der Waals surface area contributed by atoms with Crippen LogP contribution in [0.2, 0.25) is 0 Å². The second kappa shape index (κ2) is 6.00. The van der Waals surface area contributed by atoms with Crippen molar-refractivity contribution in [3.05, 3.63) is 41.9 Å². The number of piperidine rings is 1. The Balaban J connectivity index is 1.50. The minimum Gasteiger partial charge on any atom is -0.361 e. The van der Waals surface area contributed by atoms with Crippen molar-refractivity contribution in [2.45, 2.75) is 25.3 Å². The molecular weight excluding hydrogens is 310 g/mol. The molecule has 0 spiro atoms. The van der Waals surface area contributed by atoms with Crippen LogP contribution in [0.4, 0.5) is 0 Å². The SMILES string of the molecule is NC(=O)c1nc(CN2CCCC(c3nnc4ccccn34)C2)no1. The van der Waals surface area contributed by atoms with E-state index >= 15 is 0 Å². The van der Waals surface area contributed by atoms with Crippen LogP contribution in [0.5, 0.6) is 0 Å². The van der Waals surface area contributed by atoms with E-state index in [-0.39, 0.29) is 5.89 Å². The van der Waals surface area contributed by atoms with Gasteiger partial charge < -0.3 is 10.3 Å². The lowest BCUT2D eigenvalue weighted by Gasteiger charge is -2.30. The minimum absolute atomic E-state index is 0.151. The molecule has 0 aromatic carbocycles. The van der Waals surface area contributed by atoms with Crippen LogP contribution < -0.4 is 5.73 Å². The molecule has 2 N–H and O–H groups in total. The Labute approximate surface area is 137 Å². The van der Waals surface area contributed by atoms with Crippen LogP contribution in [0.3, 0.4) is 0 Å². The fourth-order valence-corrected chi connectivity index (χ4v) is 3.17. The van der Waals surface area contributed by atoms with Crippen molar-refractivity contribution in [2.75, 3.05) is 13.1 Å². The van der Waals surface area contributed by atoms with Crippen molar-refractivity contribution in [2.24, 2.45) is 5.73 Å². The summed E-state index contributed by atoms with van der Waals surface area (Å²) in [5, 5.41) is 12.4. The van der Waals surface area contributed by atoms with E-state index in [1.165, 1.54) is 0 Å². The highest BCUT2D eigenvalue weighted by molar-refractivity contribution is 5.87. The summed E-state index contributed by atoms with van der Waals surface area (Å²) in [5.74, 6) is 0.873. The van der Waals surface area contributed by atoms with Gasteiger partial charge in [0.15, 0.2) is 11.5 Å². The number of rotatable bonds is 4. The van der Waals surface area contributed by atoms with Crippen LogP contribution in [0.15, 0.2) is 28.9 Å². The van der Waals surface area contributed by atoms with Crippen molar-refractivity contribution in [3.8, 4) is 0 Å². The highest BCUT2D eigenvalue weighted by Crippen LogP contribution is 2.26. The van der Waals surface area contributed by atoms with E-state index in [0.29, 0.717) is 18.3 Å². The minimum atomic E-state index is -0.708. The summed E-state index contributed by atoms with van der Waals surface area (Å²) < 4.78 is 6.87. The van der Waals surface area contributed by atoms with E-state index < -0.39 is 5.91 Å². The third-order valence-electron chi connectivity index (χ3n) is 4.25. The molecule has 3 aromatic heterocycles. The lowest BCUT2D eigenvalue weighted by atomic mass is 9.97. The first-order valence-corrected chi connectivity index (χ1v) is 7.85. The third kappa shape index (κ3) is 2.73. The molecule has 1 unspecified atom stereocenters. The molecule has 9 nitrogen and oxygen atoms in total. The zero-order valence-corrected chi connectivity index (χ0v) is 13.0. The molecule has 3 aromatic rings. The predicted octanol–water partition coefficient (Wildman–Crippen LogP) is 0.591. The Morgan fingerprint density at radius 2 is 2.29 bits per heavy atom. The summed E-state index contributed by atoms with van der Waals surface area (Å²) in [6.45, 7) is 2.29. The molecular formula is C15H17N7O2. The highest BCUT2D eigenvalue weighted by atomic mass is 16.5. The molecule has 1 aliphatic rings. The first kappa shape index (κ1) is 14.8. The summed E-state index contributed by atoms with van der Waals surface area (Å²) in [7, 11) is 0. The number of nitrogens with zero attached hydrogens (tertiary/aromatic N) is 6. The number of carbonyl (C=O) groups excluding carboxylic acids is 1. The Morgan fingerprint density at radius 1 is 1.38 bits per heavy atom. The van der Waals surface area contributed by atoms with Gasteiger partial charge in [-0.15, -0.1) is 10.2 Å². The van der Waals surface area contributed by atoms with Crippen molar-refractivity contribution in [1.82, 2.24) is 29.6 Å². The largest absolute Gasteiger partial charge is 0.361 e. The number of hydrogen-bond acceptors (Lipinski definition) is 7. The van der Waals surface area contributed by atoms with Crippen LogP contribution in [0, 0.1) is 0 Å². The van der Waals surface area contributed by atoms with Gasteiger partial charge in [-0.05, 0) is 31.5 Å². The molecule has 0 aliphatic carbocycles. The molecule has 0 saturated carbocycles. The molecule has 0 radical (unpaired) electrons. The van der Waals surface area contributed by atoms with Gasteiger partial charge in [0.2, 0.25) is 0 Å². The summed E-state index contributed by atoms with van der Waals surface area (Å²) in [5.41, 5.74) is 5.99. The Kier molecular flexibility index (Phi) is 3.69. The standard InChI is InChI=1S/C15H17N7O2/c16-13(23)15-17-11(20-24-15)9-21-6-3-4-10(8-21)14-19-18-12-5-1-2-7-22(12)14/h1-2,5,7,10H,3-4,6,8-9H2,(H2,16,23). The average Bonchev–Trinajstić information content (AvgIpc) is 3.22. The van der Waals surface area contributed by atoms with Gasteiger partial charge in [-0.1, -0.05) is 11.2 Å². The maximum Gasteiger partial charge on any atom is 0.315 e. The maximum absolute atomic E-state index is 11.0. The molecule has 24 heavy (non-hydrogen) atoms. The average molecular weight is 327 g/mol. The van der Waals surface area contributed by atoms with Gasteiger partial charge in [0.1, 0.15) is 5.82 Å². The van der Waals surface area contributed by atoms with E-state index in [9.17, 15) is 4.79 Å². The Hall–Kier alpha value is -2.81. The van der Waals surface area contributed by atoms with Gasteiger partial charge in [-0.25, -0.2) is 0 Å². The molecule has 1 saturated heterocycles. The van der Waals surface area contributed by atoms with Gasteiger partial charge in [-0.3, -0.25) is 14.1 Å². The second-order valence-electron chi connectivity index (χ2n) is 5.94. The zero-order chi connectivity index (χ0) is 16.5. The molecule has 124 valence electrons. The molecule has 0 bridgehead atoms. The number of carbonyl (C=O) groups is 1. The summed E-state index contributed by atoms with van der Waals surface area (Å²) in [6, 6.07) is 5.88. The molecule has 4 rings (SSSR count). The van der Waals surface area contributed by atoms with Crippen LogP contribution in [0.1, 0.15) is 41.1 Å². The van der Waals surface area contributed by atoms with Crippen molar-refractivity contribution < 1.29 is 9.32 Å². The predicted molar refractivity (Wildman–Crippen MR) is 83.1 cm³/mol. The van der Waals surface area contributed by atoms with Gasteiger partial charge in [-0.2, -0.15) is 4.98 Å². The number of likely N-dealkylation sites (tertiary alicyclic amines) is 1. The number of hydrogen-bond donors (Lipinski definition) is 1. The zero-order valence-electron chi connectivity index (χ0n) is 13.0. The van der Waals surface area contributed by atoms with Gasteiger partial charge >= 0.3 is 11.8 Å². The van der Waals surface area contributed by atoms with Gasteiger partial charge in [0.05, 0.1) is 6.54 Å². The fraction of sp³-hybridized carbons (Fsp3) is 0.400. The topological polar surface area (TPSA) is 115 Å². The van der Waals surface area contributed by atoms with Crippen LogP contribution in [0.25, 0.3) is 5.65 Å². The number of pyridine rings is 1. The molecule has 1 atom stereocenters. The maximum atomic E-state index is 11.0. The Morgan fingerprint density at radius 3 is 3.12 bits per heavy atom. The molecule has 1 aliphatic heterocycles. The number of fused-ring (bicyclic) bond motifs is 1. The summed E-state index contributed by atoms with van der Waals surface area (Å²) in [4.78, 5) is 17.3. The molecule has 4 heterocycles. The number of nitrogens with two attached hydrogens (primary N) is 1. The van der Waals surface area contributed by atoms with Crippen molar-refractivity contribution in [3.63, 3.8) is 0 Å². The van der Waals surface area contributed by atoms with E-state index in [2.05, 4.69) is 25.2 Å². The van der Waals surface area contributed by atoms with Crippen LogP contribution in [-0.2, 0) is 6.54 Å². The lowest BCUT2D eigenvalue weighted by molar-refractivity contribution is 0.0958. The monoisotopic (exact) mass is 327 g/mol.